The molecule has 2 aromatic rings. The van der Waals surface area contributed by atoms with Gasteiger partial charge in [-0.25, -0.2) is 4.79 Å². The first-order chi connectivity index (χ1) is 13.2. The quantitative estimate of drug-likeness (QED) is 0.873. The maximum absolute atomic E-state index is 12.6. The van der Waals surface area contributed by atoms with Crippen LogP contribution >= 0.6 is 0 Å². The van der Waals surface area contributed by atoms with Crippen molar-refractivity contribution >= 4 is 23.5 Å². The molecule has 2 aliphatic rings. The van der Waals surface area contributed by atoms with Crippen LogP contribution in [-0.2, 0) is 17.6 Å². The molecule has 0 radical (unpaired) electrons. The van der Waals surface area contributed by atoms with Crippen molar-refractivity contribution in [2.45, 2.75) is 25.7 Å². The highest BCUT2D eigenvalue weighted by atomic mass is 16.5. The number of rotatable bonds is 5. The number of hydrogen-bond donors (Lipinski definition) is 1. The van der Waals surface area contributed by atoms with E-state index < -0.39 is 0 Å². The molecule has 8 nitrogen and oxygen atoms in total. The van der Waals surface area contributed by atoms with Crippen LogP contribution in [0.15, 0.2) is 28.8 Å². The Balaban J connectivity index is 1.37. The van der Waals surface area contributed by atoms with Crippen LogP contribution in [0.25, 0.3) is 0 Å². The summed E-state index contributed by atoms with van der Waals surface area (Å²) < 4.78 is 10.4. The molecule has 142 valence electrons. The molecule has 4 rings (SSSR count). The number of fused-ring (bicyclic) bond motifs is 1. The Kier molecular flexibility index (Phi) is 4.70. The molecule has 1 aliphatic heterocycles. The summed E-state index contributed by atoms with van der Waals surface area (Å²) in [5.41, 5.74) is 2.70. The van der Waals surface area contributed by atoms with E-state index in [4.69, 9.17) is 9.26 Å². The lowest BCUT2D eigenvalue weighted by Gasteiger charge is -2.18. The van der Waals surface area contributed by atoms with Gasteiger partial charge in [0, 0.05) is 24.3 Å². The fourth-order valence-corrected chi connectivity index (χ4v) is 3.56. The second-order valence-electron chi connectivity index (χ2n) is 6.75. The maximum atomic E-state index is 12.6. The van der Waals surface area contributed by atoms with Gasteiger partial charge in [0.15, 0.2) is 0 Å². The van der Waals surface area contributed by atoms with E-state index in [9.17, 15) is 9.59 Å². The van der Waals surface area contributed by atoms with E-state index in [2.05, 4.69) is 10.5 Å². The molecule has 0 saturated carbocycles. The Hall–Kier alpha value is -3.03. The molecule has 27 heavy (non-hydrogen) atoms. The standard InChI is InChI=1S/C19H22N4O4/c1-26-14-8-6-13(7-9-14)23-11-10-22(19(23)25)12-17(24)20-18-15-4-2-3-5-16(15)21-27-18/h6-9H,2-5,10-12H2,1H3,(H,20,24). The number of aryl methyl sites for hydroxylation is 1. The van der Waals surface area contributed by atoms with Crippen LogP contribution in [0.4, 0.5) is 16.4 Å². The van der Waals surface area contributed by atoms with Crippen LogP contribution in [0.5, 0.6) is 5.75 Å². The zero-order valence-electron chi connectivity index (χ0n) is 15.2. The number of aromatic nitrogens is 1. The van der Waals surface area contributed by atoms with E-state index in [1.807, 2.05) is 24.3 Å². The van der Waals surface area contributed by atoms with Crippen molar-refractivity contribution in [3.63, 3.8) is 0 Å². The molecule has 2 heterocycles. The van der Waals surface area contributed by atoms with Crippen molar-refractivity contribution in [1.29, 1.82) is 0 Å². The van der Waals surface area contributed by atoms with Crippen LogP contribution < -0.4 is 15.0 Å². The first kappa shape index (κ1) is 17.4. The van der Waals surface area contributed by atoms with Crippen molar-refractivity contribution < 1.29 is 18.8 Å². The van der Waals surface area contributed by atoms with Gasteiger partial charge in [-0.2, -0.15) is 0 Å². The number of nitrogens with zero attached hydrogens (tertiary/aromatic N) is 3. The molecular formula is C19H22N4O4. The van der Waals surface area contributed by atoms with Crippen molar-refractivity contribution in [3.8, 4) is 5.75 Å². The van der Waals surface area contributed by atoms with Crippen molar-refractivity contribution in [3.05, 3.63) is 35.5 Å². The van der Waals surface area contributed by atoms with Crippen LogP contribution in [0.3, 0.4) is 0 Å². The number of amides is 3. The fourth-order valence-electron chi connectivity index (χ4n) is 3.56. The minimum Gasteiger partial charge on any atom is -0.497 e. The summed E-state index contributed by atoms with van der Waals surface area (Å²) in [6, 6.07) is 7.10. The SMILES string of the molecule is COc1ccc(N2CCN(CC(=O)Nc3onc4c3CCCC4)C2=O)cc1. The lowest BCUT2D eigenvalue weighted by Crippen LogP contribution is -2.37. The normalized spacial score (nSPS) is 16.4. The maximum Gasteiger partial charge on any atom is 0.325 e. The van der Waals surface area contributed by atoms with Gasteiger partial charge in [0.2, 0.25) is 11.8 Å². The molecule has 0 spiro atoms. The number of methoxy groups -OCH3 is 1. The van der Waals surface area contributed by atoms with Gasteiger partial charge in [0.05, 0.1) is 12.8 Å². The van der Waals surface area contributed by atoms with E-state index in [0.29, 0.717) is 19.0 Å². The first-order valence-corrected chi connectivity index (χ1v) is 9.13. The molecule has 1 saturated heterocycles. The number of nitrogens with one attached hydrogen (secondary N) is 1. The second kappa shape index (κ2) is 7.30. The highest BCUT2D eigenvalue weighted by Gasteiger charge is 2.31. The Morgan fingerprint density at radius 2 is 2.00 bits per heavy atom. The van der Waals surface area contributed by atoms with Crippen molar-refractivity contribution in [2.75, 3.05) is 37.0 Å². The average molecular weight is 370 g/mol. The van der Waals surface area contributed by atoms with E-state index >= 15 is 0 Å². The Morgan fingerprint density at radius 1 is 1.22 bits per heavy atom. The summed E-state index contributed by atoms with van der Waals surface area (Å²) in [7, 11) is 1.60. The second-order valence-corrected chi connectivity index (χ2v) is 6.75. The molecule has 0 unspecified atom stereocenters. The number of benzene rings is 1. The van der Waals surface area contributed by atoms with Crippen molar-refractivity contribution in [1.82, 2.24) is 10.1 Å². The third-order valence-corrected chi connectivity index (χ3v) is 5.03. The topological polar surface area (TPSA) is 87.9 Å². The van der Waals surface area contributed by atoms with Gasteiger partial charge in [-0.05, 0) is 49.9 Å². The molecule has 1 aromatic heterocycles. The van der Waals surface area contributed by atoms with Gasteiger partial charge >= 0.3 is 6.03 Å². The molecule has 0 bridgehead atoms. The zero-order valence-corrected chi connectivity index (χ0v) is 15.2. The number of carbonyl (C=O) groups is 2. The summed E-state index contributed by atoms with van der Waals surface area (Å²) >= 11 is 0. The minimum absolute atomic E-state index is 0.0129. The van der Waals surface area contributed by atoms with Gasteiger partial charge < -0.3 is 14.2 Å². The fraction of sp³-hybridized carbons (Fsp3) is 0.421. The van der Waals surface area contributed by atoms with E-state index in [-0.39, 0.29) is 18.5 Å². The number of hydrogen-bond acceptors (Lipinski definition) is 5. The summed E-state index contributed by atoms with van der Waals surface area (Å²) in [4.78, 5) is 28.2. The molecule has 0 atom stereocenters. The Morgan fingerprint density at radius 3 is 2.78 bits per heavy atom. The van der Waals surface area contributed by atoms with E-state index in [1.54, 1.807) is 12.0 Å². The summed E-state index contributed by atoms with van der Waals surface area (Å²) in [6.45, 7) is 1.02. The van der Waals surface area contributed by atoms with Gasteiger partial charge in [-0.3, -0.25) is 15.0 Å². The number of urea groups is 1. The number of anilines is 2. The van der Waals surface area contributed by atoms with Gasteiger partial charge in [-0.1, -0.05) is 5.16 Å². The van der Waals surface area contributed by atoms with E-state index in [0.717, 1.165) is 48.4 Å². The number of ether oxygens (including phenoxy) is 1. The molecule has 1 fully saturated rings. The van der Waals surface area contributed by atoms with Crippen molar-refractivity contribution in [2.24, 2.45) is 0 Å². The number of carbonyl (C=O) groups excluding carboxylic acids is 2. The van der Waals surface area contributed by atoms with Gasteiger partial charge in [0.25, 0.3) is 0 Å². The van der Waals surface area contributed by atoms with Gasteiger partial charge in [-0.15, -0.1) is 0 Å². The molecular weight excluding hydrogens is 348 g/mol. The predicted molar refractivity (Wildman–Crippen MR) is 99.1 cm³/mol. The smallest absolute Gasteiger partial charge is 0.325 e. The monoisotopic (exact) mass is 370 g/mol. The third-order valence-electron chi connectivity index (χ3n) is 5.03. The predicted octanol–water partition coefficient (Wildman–Crippen LogP) is 2.44. The Labute approximate surface area is 157 Å². The third kappa shape index (κ3) is 3.47. The lowest BCUT2D eigenvalue weighted by atomic mass is 9.98. The molecule has 1 aliphatic carbocycles. The van der Waals surface area contributed by atoms with Crippen LogP contribution in [0.2, 0.25) is 0 Å². The zero-order chi connectivity index (χ0) is 18.8. The highest BCUT2D eigenvalue weighted by molar-refractivity contribution is 5.99. The summed E-state index contributed by atoms with van der Waals surface area (Å²) in [6.07, 6.45) is 3.91. The molecule has 3 amide bonds. The van der Waals surface area contributed by atoms with Crippen LogP contribution in [0, 0.1) is 0 Å². The molecule has 8 heteroatoms. The first-order valence-electron chi connectivity index (χ1n) is 9.13. The van der Waals surface area contributed by atoms with Crippen LogP contribution in [-0.4, -0.2) is 48.7 Å². The Bertz CT molecular complexity index is 846. The largest absolute Gasteiger partial charge is 0.497 e. The molecule has 1 N–H and O–H groups in total. The highest BCUT2D eigenvalue weighted by Crippen LogP contribution is 2.28. The van der Waals surface area contributed by atoms with Crippen LogP contribution in [0.1, 0.15) is 24.1 Å². The summed E-state index contributed by atoms with van der Waals surface area (Å²) in [5, 5.41) is 6.80. The lowest BCUT2D eigenvalue weighted by molar-refractivity contribution is -0.116. The minimum atomic E-state index is -0.274. The van der Waals surface area contributed by atoms with E-state index in [1.165, 1.54) is 4.90 Å². The average Bonchev–Trinajstić information content (AvgIpc) is 3.26. The van der Waals surface area contributed by atoms with Gasteiger partial charge in [0.1, 0.15) is 12.3 Å². The summed E-state index contributed by atoms with van der Waals surface area (Å²) in [5.74, 6) is 0.884. The molecule has 1 aromatic carbocycles.